The number of halogens is 1. The van der Waals surface area contributed by atoms with E-state index in [2.05, 4.69) is 15.0 Å². The van der Waals surface area contributed by atoms with Gasteiger partial charge in [0.1, 0.15) is 5.84 Å². The zero-order valence-electron chi connectivity index (χ0n) is 16.9. The van der Waals surface area contributed by atoms with Crippen LogP contribution in [0, 0.1) is 5.41 Å². The molecule has 0 aliphatic rings. The van der Waals surface area contributed by atoms with E-state index in [0.717, 1.165) is 29.7 Å². The van der Waals surface area contributed by atoms with Crippen LogP contribution < -0.4 is 17.2 Å². The van der Waals surface area contributed by atoms with Crippen molar-refractivity contribution in [2.45, 2.75) is 19.3 Å². The molecule has 0 saturated carbocycles. The standard InChI is InChI=1S/C23H24ClN7/c24-19-8-4-12-30-22(19)16-13-15(5-3-7-17-6-1-2-11-29-17)21(27)18(14-16)23(28)31-20(26)9-10-25/h1-2,4,6,8-14H,3,5,7,25,27H2,(H3,26,28,31)/b10-9-. The predicted molar refractivity (Wildman–Crippen MR) is 127 cm³/mol. The maximum atomic E-state index is 8.41. The molecule has 31 heavy (non-hydrogen) atoms. The van der Waals surface area contributed by atoms with Crippen LogP contribution in [0.3, 0.4) is 0 Å². The summed E-state index contributed by atoms with van der Waals surface area (Å²) < 4.78 is 0. The van der Waals surface area contributed by atoms with Crippen LogP contribution in [0.15, 0.2) is 72.1 Å². The third-order valence-electron chi connectivity index (χ3n) is 4.67. The minimum atomic E-state index is -0.0621. The summed E-state index contributed by atoms with van der Waals surface area (Å²) in [4.78, 5) is 12.9. The molecule has 0 atom stereocenters. The molecule has 1 aromatic carbocycles. The molecule has 0 radical (unpaired) electrons. The lowest BCUT2D eigenvalue weighted by Crippen LogP contribution is -2.13. The van der Waals surface area contributed by atoms with Gasteiger partial charge in [0.25, 0.3) is 0 Å². The number of nitrogen functional groups attached to an aromatic ring is 1. The van der Waals surface area contributed by atoms with Gasteiger partial charge in [0, 0.05) is 34.9 Å². The summed E-state index contributed by atoms with van der Waals surface area (Å²) in [7, 11) is 0. The fraction of sp³-hybridized carbons (Fsp3) is 0.130. The number of pyridine rings is 2. The molecule has 0 saturated heterocycles. The number of aromatic nitrogens is 2. The van der Waals surface area contributed by atoms with Gasteiger partial charge in [-0.15, -0.1) is 0 Å². The van der Waals surface area contributed by atoms with Gasteiger partial charge in [0.05, 0.1) is 10.7 Å². The molecule has 0 amide bonds. The Bertz CT molecular complexity index is 1120. The molecule has 2 heterocycles. The molecule has 3 aromatic rings. The molecular formula is C23H24ClN7. The Morgan fingerprint density at radius 1 is 1.10 bits per heavy atom. The Morgan fingerprint density at radius 3 is 2.61 bits per heavy atom. The number of nitrogens with two attached hydrogens (primary N) is 3. The predicted octanol–water partition coefficient (Wildman–Crippen LogP) is 3.71. The first kappa shape index (κ1) is 22.0. The van der Waals surface area contributed by atoms with Crippen molar-refractivity contribution in [3.05, 3.63) is 89.0 Å². The zero-order valence-corrected chi connectivity index (χ0v) is 17.7. The van der Waals surface area contributed by atoms with Crippen LogP contribution in [-0.4, -0.2) is 21.6 Å². The summed E-state index contributed by atoms with van der Waals surface area (Å²) in [6.45, 7) is 0. The minimum Gasteiger partial charge on any atom is -0.404 e. The molecule has 7 nitrogen and oxygen atoms in total. The zero-order chi connectivity index (χ0) is 22.2. The third kappa shape index (κ3) is 5.67. The van der Waals surface area contributed by atoms with Crippen LogP contribution in [-0.2, 0) is 12.8 Å². The largest absolute Gasteiger partial charge is 0.404 e. The van der Waals surface area contributed by atoms with Gasteiger partial charge in [0.15, 0.2) is 5.84 Å². The van der Waals surface area contributed by atoms with Gasteiger partial charge in [-0.2, -0.15) is 0 Å². The fourth-order valence-corrected chi connectivity index (χ4v) is 3.41. The van der Waals surface area contributed by atoms with Crippen LogP contribution >= 0.6 is 11.6 Å². The first-order valence-electron chi connectivity index (χ1n) is 9.74. The van der Waals surface area contributed by atoms with E-state index in [1.807, 2.05) is 24.3 Å². The van der Waals surface area contributed by atoms with E-state index in [1.165, 1.54) is 12.3 Å². The summed E-state index contributed by atoms with van der Waals surface area (Å²) in [5, 5.41) is 8.93. The van der Waals surface area contributed by atoms with Crippen LogP contribution in [0.1, 0.15) is 23.2 Å². The second-order valence-electron chi connectivity index (χ2n) is 6.85. The number of hydrogen-bond acceptors (Lipinski definition) is 5. The van der Waals surface area contributed by atoms with Gasteiger partial charge in [0.2, 0.25) is 0 Å². The SMILES string of the molecule is N=C(N=C(N)/C=C\N)c1cc(-c2ncccc2Cl)cc(CCCc2ccccn2)c1N. The average molecular weight is 434 g/mol. The normalized spacial score (nSPS) is 11.7. The van der Waals surface area contributed by atoms with Crippen molar-refractivity contribution in [2.24, 2.45) is 16.5 Å². The maximum absolute atomic E-state index is 8.41. The van der Waals surface area contributed by atoms with E-state index in [9.17, 15) is 0 Å². The van der Waals surface area contributed by atoms with Crippen molar-refractivity contribution in [3.8, 4) is 11.3 Å². The number of rotatable bonds is 7. The number of aryl methyl sites for hydroxylation is 2. The van der Waals surface area contributed by atoms with Crippen molar-refractivity contribution in [1.29, 1.82) is 5.41 Å². The van der Waals surface area contributed by atoms with Crippen molar-refractivity contribution in [2.75, 3.05) is 5.73 Å². The van der Waals surface area contributed by atoms with E-state index in [0.29, 0.717) is 28.4 Å². The Labute approximate surface area is 186 Å². The number of nitrogens with one attached hydrogen (secondary N) is 1. The van der Waals surface area contributed by atoms with E-state index in [-0.39, 0.29) is 11.7 Å². The Hall–Kier alpha value is -3.71. The average Bonchev–Trinajstić information content (AvgIpc) is 2.76. The molecule has 0 unspecified atom stereocenters. The van der Waals surface area contributed by atoms with Gasteiger partial charge in [-0.25, -0.2) is 4.99 Å². The lowest BCUT2D eigenvalue weighted by molar-refractivity contribution is 0.800. The first-order valence-corrected chi connectivity index (χ1v) is 10.1. The maximum Gasteiger partial charge on any atom is 0.156 e. The molecule has 8 heteroatoms. The summed E-state index contributed by atoms with van der Waals surface area (Å²) in [5.41, 5.74) is 21.8. The molecule has 0 aliphatic carbocycles. The number of benzene rings is 1. The number of anilines is 1. The van der Waals surface area contributed by atoms with Crippen LogP contribution in [0.2, 0.25) is 5.02 Å². The highest BCUT2D eigenvalue weighted by molar-refractivity contribution is 6.33. The van der Waals surface area contributed by atoms with Crippen molar-refractivity contribution >= 4 is 29.0 Å². The number of amidine groups is 2. The summed E-state index contributed by atoms with van der Waals surface area (Å²) in [6, 6.07) is 13.1. The molecule has 0 aliphatic heterocycles. The monoisotopic (exact) mass is 433 g/mol. The smallest absolute Gasteiger partial charge is 0.156 e. The number of hydrogen-bond donors (Lipinski definition) is 4. The molecule has 0 bridgehead atoms. The second kappa shape index (κ2) is 10.4. The van der Waals surface area contributed by atoms with Crippen LogP contribution in [0.5, 0.6) is 0 Å². The highest BCUT2D eigenvalue weighted by Gasteiger charge is 2.15. The molecule has 7 N–H and O–H groups in total. The van der Waals surface area contributed by atoms with Gasteiger partial charge < -0.3 is 17.2 Å². The lowest BCUT2D eigenvalue weighted by Gasteiger charge is -2.14. The second-order valence-corrected chi connectivity index (χ2v) is 7.26. The van der Waals surface area contributed by atoms with E-state index < -0.39 is 0 Å². The minimum absolute atomic E-state index is 0.0621. The van der Waals surface area contributed by atoms with Gasteiger partial charge >= 0.3 is 0 Å². The molecular weight excluding hydrogens is 410 g/mol. The van der Waals surface area contributed by atoms with Crippen LogP contribution in [0.25, 0.3) is 11.3 Å². The topological polar surface area (TPSA) is 140 Å². The summed E-state index contributed by atoms with van der Waals surface area (Å²) in [5.74, 6) is 0.0536. The molecule has 0 spiro atoms. The van der Waals surface area contributed by atoms with Gasteiger partial charge in [-0.1, -0.05) is 17.7 Å². The Balaban J connectivity index is 1.98. The highest BCUT2D eigenvalue weighted by Crippen LogP contribution is 2.31. The third-order valence-corrected chi connectivity index (χ3v) is 4.97. The van der Waals surface area contributed by atoms with Crippen LogP contribution in [0.4, 0.5) is 5.69 Å². The molecule has 158 valence electrons. The number of aliphatic imine (C=N–C) groups is 1. The molecule has 3 rings (SSSR count). The first-order chi connectivity index (χ1) is 15.0. The fourth-order valence-electron chi connectivity index (χ4n) is 3.18. The van der Waals surface area contributed by atoms with E-state index in [4.69, 9.17) is 34.2 Å². The molecule has 2 aromatic heterocycles. The van der Waals surface area contributed by atoms with Crippen molar-refractivity contribution in [1.82, 2.24) is 9.97 Å². The van der Waals surface area contributed by atoms with Crippen molar-refractivity contribution in [3.63, 3.8) is 0 Å². The van der Waals surface area contributed by atoms with Gasteiger partial charge in [-0.3, -0.25) is 15.4 Å². The summed E-state index contributed by atoms with van der Waals surface area (Å²) >= 11 is 6.37. The summed E-state index contributed by atoms with van der Waals surface area (Å²) in [6.07, 6.45) is 8.49. The van der Waals surface area contributed by atoms with Crippen molar-refractivity contribution < 1.29 is 0 Å². The quantitative estimate of drug-likeness (QED) is 0.255. The molecule has 0 fully saturated rings. The Morgan fingerprint density at radius 2 is 1.90 bits per heavy atom. The lowest BCUT2D eigenvalue weighted by atomic mass is 9.96. The van der Waals surface area contributed by atoms with Gasteiger partial charge in [-0.05, 0) is 73.5 Å². The van der Waals surface area contributed by atoms with E-state index >= 15 is 0 Å². The van der Waals surface area contributed by atoms with E-state index in [1.54, 1.807) is 30.6 Å². The Kier molecular flexibility index (Phi) is 7.35. The highest BCUT2D eigenvalue weighted by atomic mass is 35.5. The number of nitrogens with zero attached hydrogens (tertiary/aromatic N) is 3.